The predicted molar refractivity (Wildman–Crippen MR) is 98.1 cm³/mol. The van der Waals surface area contributed by atoms with E-state index in [1.54, 1.807) is 0 Å². The summed E-state index contributed by atoms with van der Waals surface area (Å²) in [5.41, 5.74) is 1.10. The summed E-state index contributed by atoms with van der Waals surface area (Å²) in [6.07, 6.45) is 5.84. The van der Waals surface area contributed by atoms with E-state index in [2.05, 4.69) is 53.5 Å². The molecule has 0 amide bonds. The third-order valence-corrected chi connectivity index (χ3v) is 5.71. The highest BCUT2D eigenvalue weighted by Crippen LogP contribution is 2.29. The average molecular weight is 336 g/mol. The highest BCUT2D eigenvalue weighted by atomic mass is 32.2. The summed E-state index contributed by atoms with van der Waals surface area (Å²) < 4.78 is 2.60. The van der Waals surface area contributed by atoms with E-state index in [4.69, 9.17) is 9.98 Å². The molecule has 6 heteroatoms. The molecule has 2 aliphatic heterocycles. The first-order valence-electron chi connectivity index (χ1n) is 8.79. The van der Waals surface area contributed by atoms with Crippen LogP contribution < -0.4 is 5.32 Å². The van der Waals surface area contributed by atoms with Gasteiger partial charge in [0.15, 0.2) is 5.96 Å². The second kappa shape index (κ2) is 7.16. The fourth-order valence-corrected chi connectivity index (χ4v) is 4.44. The number of fused-ring (bicyclic) bond motifs is 1. The number of aryl methyl sites for hydroxylation is 2. The Bertz CT molecular complexity index is 540. The van der Waals surface area contributed by atoms with Crippen LogP contribution in [0.1, 0.15) is 45.1 Å². The van der Waals surface area contributed by atoms with Crippen molar-refractivity contribution in [1.82, 2.24) is 19.8 Å². The molecule has 1 fully saturated rings. The monoisotopic (exact) mass is 335 g/mol. The van der Waals surface area contributed by atoms with Gasteiger partial charge in [-0.3, -0.25) is 0 Å². The Morgan fingerprint density at radius 3 is 3.00 bits per heavy atom. The maximum absolute atomic E-state index is 4.86. The first-order chi connectivity index (χ1) is 11.1. The molecule has 1 saturated heterocycles. The zero-order valence-corrected chi connectivity index (χ0v) is 15.5. The molecule has 0 saturated carbocycles. The molecule has 0 aromatic carbocycles. The summed E-state index contributed by atoms with van der Waals surface area (Å²) >= 11 is 2.05. The van der Waals surface area contributed by atoms with Crippen molar-refractivity contribution >= 4 is 17.7 Å². The lowest BCUT2D eigenvalue weighted by molar-refractivity contribution is 0.375. The number of guanidine groups is 1. The van der Waals surface area contributed by atoms with Crippen LogP contribution in [0, 0.1) is 0 Å². The Labute approximate surface area is 143 Å². The van der Waals surface area contributed by atoms with Crippen molar-refractivity contribution in [3.63, 3.8) is 0 Å². The number of rotatable bonds is 3. The van der Waals surface area contributed by atoms with E-state index in [-0.39, 0.29) is 0 Å². The second-order valence-corrected chi connectivity index (χ2v) is 8.80. The molecule has 128 valence electrons. The van der Waals surface area contributed by atoms with Crippen molar-refractivity contribution in [3.05, 3.63) is 17.7 Å². The van der Waals surface area contributed by atoms with Crippen LogP contribution in [0.5, 0.6) is 0 Å². The van der Waals surface area contributed by atoms with Gasteiger partial charge < -0.3 is 14.8 Å². The standard InChI is InChI=1S/C17H29N5S/c1-4-18-16(22-9-10-23-17(2,3)13-22)19-11-14-12-21-8-6-5-7-15(21)20-14/h12H,4-11,13H2,1-3H3,(H,18,19). The summed E-state index contributed by atoms with van der Waals surface area (Å²) in [5, 5.41) is 3.45. The summed E-state index contributed by atoms with van der Waals surface area (Å²) in [5.74, 6) is 3.43. The van der Waals surface area contributed by atoms with Gasteiger partial charge in [-0.15, -0.1) is 0 Å². The molecule has 1 N–H and O–H groups in total. The third-order valence-electron chi connectivity index (χ3n) is 4.41. The fourth-order valence-electron chi connectivity index (χ4n) is 3.33. The SMILES string of the molecule is CCNC(=NCc1cn2c(n1)CCCC2)N1CCSC(C)(C)C1. The van der Waals surface area contributed by atoms with Crippen molar-refractivity contribution in [3.8, 4) is 0 Å². The van der Waals surface area contributed by atoms with Gasteiger partial charge in [0.25, 0.3) is 0 Å². The lowest BCUT2D eigenvalue weighted by atomic mass is 10.2. The molecule has 0 unspecified atom stereocenters. The summed E-state index contributed by atoms with van der Waals surface area (Å²) in [7, 11) is 0. The number of thioether (sulfide) groups is 1. The molecule has 5 nitrogen and oxygen atoms in total. The van der Waals surface area contributed by atoms with Crippen LogP contribution >= 0.6 is 11.8 Å². The molecule has 0 radical (unpaired) electrons. The molecule has 0 spiro atoms. The van der Waals surface area contributed by atoms with Crippen LogP contribution in [0.2, 0.25) is 0 Å². The topological polar surface area (TPSA) is 45.5 Å². The van der Waals surface area contributed by atoms with Gasteiger partial charge in [-0.05, 0) is 33.6 Å². The zero-order chi connectivity index (χ0) is 16.3. The maximum atomic E-state index is 4.86. The van der Waals surface area contributed by atoms with E-state index in [1.807, 2.05) is 0 Å². The third kappa shape index (κ3) is 4.22. The lowest BCUT2D eigenvalue weighted by Crippen LogP contribution is -2.50. The number of aromatic nitrogens is 2. The number of imidazole rings is 1. The minimum absolute atomic E-state index is 0.294. The van der Waals surface area contributed by atoms with Crippen molar-refractivity contribution in [2.45, 2.75) is 57.9 Å². The molecule has 1 aromatic rings. The van der Waals surface area contributed by atoms with Crippen LogP contribution in [0.25, 0.3) is 0 Å². The summed E-state index contributed by atoms with van der Waals surface area (Å²) in [6, 6.07) is 0. The molecule has 3 rings (SSSR count). The van der Waals surface area contributed by atoms with Crippen LogP contribution in [-0.4, -0.2) is 50.5 Å². The Balaban J connectivity index is 1.70. The van der Waals surface area contributed by atoms with Gasteiger partial charge in [0, 0.05) is 49.3 Å². The van der Waals surface area contributed by atoms with E-state index < -0.39 is 0 Å². The highest BCUT2D eigenvalue weighted by molar-refractivity contribution is 8.00. The summed E-state index contributed by atoms with van der Waals surface area (Å²) in [6.45, 7) is 11.6. The predicted octanol–water partition coefficient (Wildman–Crippen LogP) is 2.51. The summed E-state index contributed by atoms with van der Waals surface area (Å²) in [4.78, 5) is 12.0. The van der Waals surface area contributed by atoms with Gasteiger partial charge >= 0.3 is 0 Å². The second-order valence-electron chi connectivity index (χ2n) is 7.00. The first-order valence-corrected chi connectivity index (χ1v) is 9.78. The van der Waals surface area contributed by atoms with Crippen LogP contribution in [0.3, 0.4) is 0 Å². The molecule has 3 heterocycles. The van der Waals surface area contributed by atoms with Crippen LogP contribution in [0.4, 0.5) is 0 Å². The number of hydrogen-bond acceptors (Lipinski definition) is 3. The zero-order valence-electron chi connectivity index (χ0n) is 14.6. The number of nitrogens with zero attached hydrogens (tertiary/aromatic N) is 4. The van der Waals surface area contributed by atoms with Gasteiger partial charge in [-0.1, -0.05) is 0 Å². The van der Waals surface area contributed by atoms with Gasteiger partial charge in [0.2, 0.25) is 0 Å². The fraction of sp³-hybridized carbons (Fsp3) is 0.765. The molecule has 1 aromatic heterocycles. The van der Waals surface area contributed by atoms with Gasteiger partial charge in [-0.2, -0.15) is 11.8 Å². The van der Waals surface area contributed by atoms with E-state index in [9.17, 15) is 0 Å². The molecular formula is C17H29N5S. The average Bonchev–Trinajstić information content (AvgIpc) is 2.93. The van der Waals surface area contributed by atoms with E-state index >= 15 is 0 Å². The minimum Gasteiger partial charge on any atom is -0.357 e. The Hall–Kier alpha value is -1.17. The molecule has 0 bridgehead atoms. The Morgan fingerprint density at radius 1 is 1.39 bits per heavy atom. The molecular weight excluding hydrogens is 306 g/mol. The smallest absolute Gasteiger partial charge is 0.194 e. The molecule has 2 aliphatic rings. The Kier molecular flexibility index (Phi) is 5.19. The molecule has 23 heavy (non-hydrogen) atoms. The first kappa shape index (κ1) is 16.7. The van der Waals surface area contributed by atoms with Crippen LogP contribution in [0.15, 0.2) is 11.2 Å². The normalized spacial score (nSPS) is 21.2. The van der Waals surface area contributed by atoms with Crippen molar-refractivity contribution < 1.29 is 0 Å². The number of aliphatic imine (C=N–C) groups is 1. The maximum Gasteiger partial charge on any atom is 0.194 e. The van der Waals surface area contributed by atoms with E-state index in [1.165, 1.54) is 18.7 Å². The van der Waals surface area contributed by atoms with Crippen molar-refractivity contribution in [2.75, 3.05) is 25.4 Å². The number of hydrogen-bond donors (Lipinski definition) is 1. The van der Waals surface area contributed by atoms with Crippen molar-refractivity contribution in [2.24, 2.45) is 4.99 Å². The van der Waals surface area contributed by atoms with E-state index in [0.717, 1.165) is 50.0 Å². The largest absolute Gasteiger partial charge is 0.357 e. The molecule has 0 atom stereocenters. The number of nitrogens with one attached hydrogen (secondary N) is 1. The van der Waals surface area contributed by atoms with Gasteiger partial charge in [-0.25, -0.2) is 9.98 Å². The van der Waals surface area contributed by atoms with Gasteiger partial charge in [0.05, 0.1) is 12.2 Å². The molecule has 0 aliphatic carbocycles. The van der Waals surface area contributed by atoms with Crippen molar-refractivity contribution in [1.29, 1.82) is 0 Å². The quantitative estimate of drug-likeness (QED) is 0.681. The highest BCUT2D eigenvalue weighted by Gasteiger charge is 2.28. The lowest BCUT2D eigenvalue weighted by Gasteiger charge is -2.39. The minimum atomic E-state index is 0.294. The van der Waals surface area contributed by atoms with E-state index in [0.29, 0.717) is 11.3 Å². The Morgan fingerprint density at radius 2 is 2.26 bits per heavy atom. The van der Waals surface area contributed by atoms with Crippen LogP contribution in [-0.2, 0) is 19.5 Å². The van der Waals surface area contributed by atoms with Gasteiger partial charge in [0.1, 0.15) is 5.82 Å².